The SMILES string of the molecule is CNC(=O)C1CNCCN1CC(=O)NC1CCS(=O)(=O)C1. The van der Waals surface area contributed by atoms with Crippen LogP contribution < -0.4 is 16.0 Å². The fourth-order valence-electron chi connectivity index (χ4n) is 2.73. The van der Waals surface area contributed by atoms with Gasteiger partial charge in [-0.05, 0) is 6.42 Å². The monoisotopic (exact) mass is 318 g/mol. The van der Waals surface area contributed by atoms with E-state index < -0.39 is 9.84 Å². The largest absolute Gasteiger partial charge is 0.358 e. The van der Waals surface area contributed by atoms with Crippen LogP contribution in [0.15, 0.2) is 0 Å². The first-order valence-corrected chi connectivity index (χ1v) is 8.89. The van der Waals surface area contributed by atoms with Crippen LogP contribution in [0.3, 0.4) is 0 Å². The van der Waals surface area contributed by atoms with Crippen molar-refractivity contribution in [3.8, 4) is 0 Å². The quantitative estimate of drug-likeness (QED) is 0.521. The average Bonchev–Trinajstić information content (AvgIpc) is 2.77. The standard InChI is InChI=1S/C12H22N4O4S/c1-13-12(18)10-6-14-3-4-16(10)7-11(17)15-9-2-5-21(19,20)8-9/h9-10,14H,2-8H2,1H3,(H,13,18)(H,15,17). The van der Waals surface area contributed by atoms with Crippen LogP contribution in [0.25, 0.3) is 0 Å². The van der Waals surface area contributed by atoms with E-state index in [2.05, 4.69) is 16.0 Å². The number of sulfone groups is 1. The molecule has 0 aromatic heterocycles. The smallest absolute Gasteiger partial charge is 0.238 e. The predicted octanol–water partition coefficient (Wildman–Crippen LogP) is -2.69. The van der Waals surface area contributed by atoms with Gasteiger partial charge >= 0.3 is 0 Å². The highest BCUT2D eigenvalue weighted by molar-refractivity contribution is 7.91. The number of likely N-dealkylation sites (N-methyl/N-ethyl adjacent to an activating group) is 1. The zero-order valence-electron chi connectivity index (χ0n) is 12.1. The van der Waals surface area contributed by atoms with Crippen molar-refractivity contribution < 1.29 is 18.0 Å². The molecule has 2 unspecified atom stereocenters. The molecule has 21 heavy (non-hydrogen) atoms. The number of hydrogen-bond acceptors (Lipinski definition) is 6. The fourth-order valence-corrected chi connectivity index (χ4v) is 4.40. The highest BCUT2D eigenvalue weighted by Crippen LogP contribution is 2.11. The molecule has 2 aliphatic heterocycles. The van der Waals surface area contributed by atoms with Gasteiger partial charge < -0.3 is 16.0 Å². The number of piperazine rings is 1. The average molecular weight is 318 g/mol. The predicted molar refractivity (Wildman–Crippen MR) is 77.5 cm³/mol. The molecule has 0 aromatic carbocycles. The third kappa shape index (κ3) is 4.39. The number of carbonyl (C=O) groups excluding carboxylic acids is 2. The molecule has 2 aliphatic rings. The molecule has 2 fully saturated rings. The van der Waals surface area contributed by atoms with E-state index >= 15 is 0 Å². The molecule has 0 spiro atoms. The van der Waals surface area contributed by atoms with Crippen molar-refractivity contribution in [3.63, 3.8) is 0 Å². The lowest BCUT2D eigenvalue weighted by molar-refractivity contribution is -0.129. The summed E-state index contributed by atoms with van der Waals surface area (Å²) in [6.45, 7) is 1.94. The van der Waals surface area contributed by atoms with Gasteiger partial charge in [-0.15, -0.1) is 0 Å². The lowest BCUT2D eigenvalue weighted by Gasteiger charge is -2.34. The Labute approximate surface area is 124 Å². The Hall–Kier alpha value is -1.19. The van der Waals surface area contributed by atoms with Gasteiger partial charge in [0.25, 0.3) is 0 Å². The molecule has 2 atom stereocenters. The van der Waals surface area contributed by atoms with Gasteiger partial charge in [-0.2, -0.15) is 0 Å². The minimum atomic E-state index is -3.00. The molecule has 2 amide bonds. The van der Waals surface area contributed by atoms with Crippen molar-refractivity contribution in [3.05, 3.63) is 0 Å². The van der Waals surface area contributed by atoms with E-state index in [-0.39, 0.29) is 41.9 Å². The maximum Gasteiger partial charge on any atom is 0.238 e. The molecule has 0 saturated carbocycles. The van der Waals surface area contributed by atoms with E-state index in [1.54, 1.807) is 7.05 Å². The minimum Gasteiger partial charge on any atom is -0.358 e. The van der Waals surface area contributed by atoms with E-state index in [9.17, 15) is 18.0 Å². The summed E-state index contributed by atoms with van der Waals surface area (Å²) in [5.74, 6) is -0.211. The topological polar surface area (TPSA) is 108 Å². The van der Waals surface area contributed by atoms with Gasteiger partial charge in [0, 0.05) is 32.7 Å². The van der Waals surface area contributed by atoms with Crippen LogP contribution in [0.2, 0.25) is 0 Å². The van der Waals surface area contributed by atoms with Crippen LogP contribution in [-0.2, 0) is 19.4 Å². The summed E-state index contributed by atoms with van der Waals surface area (Å²) in [7, 11) is -1.44. The first-order valence-electron chi connectivity index (χ1n) is 7.07. The molecule has 2 heterocycles. The van der Waals surface area contributed by atoms with Crippen molar-refractivity contribution in [1.29, 1.82) is 0 Å². The van der Waals surface area contributed by atoms with E-state index in [1.165, 1.54) is 0 Å². The molecule has 120 valence electrons. The van der Waals surface area contributed by atoms with Crippen LogP contribution in [0, 0.1) is 0 Å². The van der Waals surface area contributed by atoms with E-state index in [0.29, 0.717) is 19.5 Å². The van der Waals surface area contributed by atoms with Gasteiger partial charge in [0.05, 0.1) is 18.1 Å². The number of amides is 2. The first kappa shape index (κ1) is 16.2. The second-order valence-corrected chi connectivity index (χ2v) is 7.70. The Morgan fingerprint density at radius 1 is 1.38 bits per heavy atom. The summed E-state index contributed by atoms with van der Waals surface area (Å²) in [5.41, 5.74) is 0. The molecule has 2 rings (SSSR count). The second kappa shape index (κ2) is 6.71. The number of nitrogens with zero attached hydrogens (tertiary/aromatic N) is 1. The Balaban J connectivity index is 1.87. The van der Waals surface area contributed by atoms with Crippen molar-refractivity contribution in [1.82, 2.24) is 20.9 Å². The molecule has 0 radical (unpaired) electrons. The van der Waals surface area contributed by atoms with Crippen molar-refractivity contribution in [2.24, 2.45) is 0 Å². The van der Waals surface area contributed by atoms with Gasteiger partial charge in [0.2, 0.25) is 11.8 Å². The Kier molecular flexibility index (Phi) is 5.17. The molecule has 0 aliphatic carbocycles. The van der Waals surface area contributed by atoms with E-state index in [1.807, 2.05) is 4.90 Å². The molecule has 0 bridgehead atoms. The normalized spacial score (nSPS) is 29.0. The summed E-state index contributed by atoms with van der Waals surface area (Å²) in [4.78, 5) is 25.6. The third-order valence-electron chi connectivity index (χ3n) is 3.85. The van der Waals surface area contributed by atoms with Crippen LogP contribution in [0.1, 0.15) is 6.42 Å². The van der Waals surface area contributed by atoms with Gasteiger partial charge in [-0.25, -0.2) is 8.42 Å². The Morgan fingerprint density at radius 2 is 2.14 bits per heavy atom. The van der Waals surface area contributed by atoms with Crippen molar-refractivity contribution in [2.45, 2.75) is 18.5 Å². The van der Waals surface area contributed by atoms with Crippen LogP contribution in [-0.4, -0.2) is 81.9 Å². The zero-order valence-corrected chi connectivity index (χ0v) is 12.9. The van der Waals surface area contributed by atoms with Gasteiger partial charge in [0.15, 0.2) is 9.84 Å². The third-order valence-corrected chi connectivity index (χ3v) is 5.62. The first-order chi connectivity index (χ1) is 9.91. The highest BCUT2D eigenvalue weighted by Gasteiger charge is 2.32. The zero-order chi connectivity index (χ0) is 15.5. The molecule has 8 nitrogen and oxygen atoms in total. The Bertz CT molecular complexity index is 507. The van der Waals surface area contributed by atoms with Crippen LogP contribution in [0.5, 0.6) is 0 Å². The molecular formula is C12H22N4O4S. The number of rotatable bonds is 4. The lowest BCUT2D eigenvalue weighted by atomic mass is 10.1. The number of nitrogens with one attached hydrogen (secondary N) is 3. The maximum absolute atomic E-state index is 12.0. The molecule has 0 aromatic rings. The number of hydrogen-bond donors (Lipinski definition) is 3. The summed E-state index contributed by atoms with van der Waals surface area (Å²) < 4.78 is 22.7. The van der Waals surface area contributed by atoms with Gasteiger partial charge in [-0.3, -0.25) is 14.5 Å². The number of carbonyl (C=O) groups is 2. The van der Waals surface area contributed by atoms with Crippen LogP contribution in [0.4, 0.5) is 0 Å². The van der Waals surface area contributed by atoms with Gasteiger partial charge in [-0.1, -0.05) is 0 Å². The molecular weight excluding hydrogens is 296 g/mol. The highest BCUT2D eigenvalue weighted by atomic mass is 32.2. The van der Waals surface area contributed by atoms with Crippen molar-refractivity contribution >= 4 is 21.7 Å². The Morgan fingerprint density at radius 3 is 2.76 bits per heavy atom. The summed E-state index contributed by atoms with van der Waals surface area (Å²) >= 11 is 0. The summed E-state index contributed by atoms with van der Waals surface area (Å²) in [6, 6.07) is -0.675. The summed E-state index contributed by atoms with van der Waals surface area (Å²) in [5, 5.41) is 8.46. The summed E-state index contributed by atoms with van der Waals surface area (Å²) in [6.07, 6.45) is 0.467. The van der Waals surface area contributed by atoms with E-state index in [0.717, 1.165) is 6.54 Å². The van der Waals surface area contributed by atoms with Crippen LogP contribution >= 0.6 is 0 Å². The van der Waals surface area contributed by atoms with Crippen molar-refractivity contribution in [2.75, 3.05) is 44.7 Å². The molecule has 9 heteroatoms. The second-order valence-electron chi connectivity index (χ2n) is 5.47. The van der Waals surface area contributed by atoms with E-state index in [4.69, 9.17) is 0 Å². The minimum absolute atomic E-state index is 0.0131. The molecule has 3 N–H and O–H groups in total. The fraction of sp³-hybridized carbons (Fsp3) is 0.833. The molecule has 2 saturated heterocycles. The maximum atomic E-state index is 12.0. The van der Waals surface area contributed by atoms with Gasteiger partial charge in [0.1, 0.15) is 6.04 Å². The lowest BCUT2D eigenvalue weighted by Crippen LogP contribution is -2.59.